The lowest BCUT2D eigenvalue weighted by atomic mass is 10.1. The largest absolute Gasteiger partial charge is 0.490 e. The van der Waals surface area contributed by atoms with Crippen molar-refractivity contribution in [2.24, 2.45) is 10.7 Å². The van der Waals surface area contributed by atoms with Crippen LogP contribution in [0.5, 0.6) is 17.2 Å². The van der Waals surface area contributed by atoms with Gasteiger partial charge in [0.25, 0.3) is 5.91 Å². The number of aryl methyl sites for hydroxylation is 2. The SMILES string of the molecule is CCOc1cc(/C=C2/SC(N)=NC2=O)cc(Cl)c1OCCOc1cc(C)cc(C)c1. The summed E-state index contributed by atoms with van der Waals surface area (Å²) in [4.78, 5) is 16.0. The number of benzene rings is 2. The first-order valence-corrected chi connectivity index (χ1v) is 10.6. The molecule has 0 atom stereocenters. The number of thioether (sulfide) groups is 1. The zero-order chi connectivity index (χ0) is 21.7. The van der Waals surface area contributed by atoms with E-state index in [1.807, 2.05) is 32.9 Å². The van der Waals surface area contributed by atoms with Gasteiger partial charge in [-0.05, 0) is 79.6 Å². The topological polar surface area (TPSA) is 83.1 Å². The Kier molecular flexibility index (Phi) is 7.29. The summed E-state index contributed by atoms with van der Waals surface area (Å²) in [7, 11) is 0. The second kappa shape index (κ2) is 9.91. The number of halogens is 1. The summed E-state index contributed by atoms with van der Waals surface area (Å²) in [6.45, 7) is 7.02. The lowest BCUT2D eigenvalue weighted by Gasteiger charge is -2.15. The van der Waals surface area contributed by atoms with Crippen LogP contribution in [-0.2, 0) is 4.79 Å². The number of aliphatic imine (C=N–C) groups is 1. The highest BCUT2D eigenvalue weighted by Gasteiger charge is 2.20. The molecule has 0 fully saturated rings. The van der Waals surface area contributed by atoms with E-state index in [-0.39, 0.29) is 11.1 Å². The Bertz CT molecular complexity index is 1000. The van der Waals surface area contributed by atoms with Crippen LogP contribution in [0.2, 0.25) is 5.02 Å². The van der Waals surface area contributed by atoms with E-state index in [1.54, 1.807) is 18.2 Å². The van der Waals surface area contributed by atoms with E-state index in [0.717, 1.165) is 28.6 Å². The molecule has 0 aromatic heterocycles. The highest BCUT2D eigenvalue weighted by molar-refractivity contribution is 8.18. The first-order valence-electron chi connectivity index (χ1n) is 9.44. The molecule has 1 aliphatic rings. The average Bonchev–Trinajstić information content (AvgIpc) is 2.97. The van der Waals surface area contributed by atoms with Crippen molar-refractivity contribution < 1.29 is 19.0 Å². The average molecular weight is 447 g/mol. The number of carbonyl (C=O) groups excluding carboxylic acids is 1. The van der Waals surface area contributed by atoms with Gasteiger partial charge in [-0.2, -0.15) is 4.99 Å². The lowest BCUT2D eigenvalue weighted by molar-refractivity contribution is -0.113. The molecule has 0 spiro atoms. The standard InChI is InChI=1S/C22H23ClN2O4S/c1-4-27-18-11-15(12-19-21(26)25-22(24)30-19)10-17(23)20(18)29-6-5-28-16-8-13(2)7-14(3)9-16/h7-12H,4-6H2,1-3H3,(H2,24,25,26)/b19-12+. The molecule has 2 N–H and O–H groups in total. The molecule has 3 rings (SSSR count). The third-order valence-corrected chi connectivity index (χ3v) is 5.15. The molecule has 2 aromatic rings. The molecule has 0 saturated carbocycles. The number of carbonyl (C=O) groups is 1. The van der Waals surface area contributed by atoms with Crippen molar-refractivity contribution >= 4 is 40.5 Å². The summed E-state index contributed by atoms with van der Waals surface area (Å²) in [6.07, 6.45) is 1.68. The maximum atomic E-state index is 11.8. The molecular formula is C22H23ClN2O4S. The van der Waals surface area contributed by atoms with Gasteiger partial charge in [0.05, 0.1) is 16.5 Å². The minimum absolute atomic E-state index is 0.228. The summed E-state index contributed by atoms with van der Waals surface area (Å²) in [5, 5.41) is 0.606. The lowest BCUT2D eigenvalue weighted by Crippen LogP contribution is -2.10. The number of hydrogen-bond acceptors (Lipinski definition) is 6. The molecule has 1 aliphatic heterocycles. The molecule has 158 valence electrons. The third-order valence-electron chi connectivity index (χ3n) is 4.06. The first kappa shape index (κ1) is 22.1. The molecule has 30 heavy (non-hydrogen) atoms. The third kappa shape index (κ3) is 5.70. The van der Waals surface area contributed by atoms with Crippen LogP contribution in [0.25, 0.3) is 6.08 Å². The maximum Gasteiger partial charge on any atom is 0.286 e. The zero-order valence-electron chi connectivity index (χ0n) is 17.0. The van der Waals surface area contributed by atoms with Gasteiger partial charge in [-0.3, -0.25) is 4.79 Å². The van der Waals surface area contributed by atoms with E-state index in [4.69, 9.17) is 31.5 Å². The van der Waals surface area contributed by atoms with Gasteiger partial charge >= 0.3 is 0 Å². The van der Waals surface area contributed by atoms with Gasteiger partial charge in [-0.25, -0.2) is 0 Å². The van der Waals surface area contributed by atoms with Gasteiger partial charge in [-0.1, -0.05) is 17.7 Å². The van der Waals surface area contributed by atoms with E-state index in [0.29, 0.717) is 46.8 Å². The fourth-order valence-electron chi connectivity index (χ4n) is 2.97. The van der Waals surface area contributed by atoms with E-state index in [1.165, 1.54) is 0 Å². The fourth-order valence-corrected chi connectivity index (χ4v) is 3.93. The highest BCUT2D eigenvalue weighted by Crippen LogP contribution is 2.38. The van der Waals surface area contributed by atoms with Crippen molar-refractivity contribution in [3.05, 3.63) is 56.9 Å². The Balaban J connectivity index is 1.69. The molecule has 8 heteroatoms. The smallest absolute Gasteiger partial charge is 0.286 e. The van der Waals surface area contributed by atoms with E-state index >= 15 is 0 Å². The van der Waals surface area contributed by atoms with Crippen LogP contribution in [-0.4, -0.2) is 30.9 Å². The number of rotatable bonds is 8. The summed E-state index contributed by atoms with van der Waals surface area (Å²) in [5.74, 6) is 1.36. The van der Waals surface area contributed by atoms with Crippen LogP contribution in [0.15, 0.2) is 40.2 Å². The van der Waals surface area contributed by atoms with Crippen LogP contribution in [0, 0.1) is 13.8 Å². The maximum absolute atomic E-state index is 11.8. The minimum atomic E-state index is -0.365. The van der Waals surface area contributed by atoms with Crippen molar-refractivity contribution in [1.82, 2.24) is 0 Å². The first-order chi connectivity index (χ1) is 14.4. The van der Waals surface area contributed by atoms with Crippen molar-refractivity contribution in [3.63, 3.8) is 0 Å². The van der Waals surface area contributed by atoms with Crippen LogP contribution < -0.4 is 19.9 Å². The molecule has 0 radical (unpaired) electrons. The van der Waals surface area contributed by atoms with E-state index < -0.39 is 0 Å². The van der Waals surface area contributed by atoms with Gasteiger partial charge in [0.15, 0.2) is 16.7 Å². The molecule has 6 nitrogen and oxygen atoms in total. The summed E-state index contributed by atoms with van der Waals surface area (Å²) in [5.41, 5.74) is 8.58. The van der Waals surface area contributed by atoms with Gasteiger partial charge in [0, 0.05) is 0 Å². The molecule has 0 aliphatic carbocycles. The molecule has 0 bridgehead atoms. The highest BCUT2D eigenvalue weighted by atomic mass is 35.5. The predicted octanol–water partition coefficient (Wildman–Crippen LogP) is 4.74. The van der Waals surface area contributed by atoms with Gasteiger partial charge in [-0.15, -0.1) is 0 Å². The van der Waals surface area contributed by atoms with Crippen LogP contribution in [0.4, 0.5) is 0 Å². The Morgan fingerprint density at radius 3 is 2.40 bits per heavy atom. The second-order valence-electron chi connectivity index (χ2n) is 6.65. The van der Waals surface area contributed by atoms with Gasteiger partial charge < -0.3 is 19.9 Å². The van der Waals surface area contributed by atoms with E-state index in [2.05, 4.69) is 11.1 Å². The molecule has 0 unspecified atom stereocenters. The predicted molar refractivity (Wildman–Crippen MR) is 122 cm³/mol. The Hall–Kier alpha value is -2.64. The fraction of sp³-hybridized carbons (Fsp3) is 0.273. The van der Waals surface area contributed by atoms with Crippen molar-refractivity contribution in [2.45, 2.75) is 20.8 Å². The number of hydrogen-bond donors (Lipinski definition) is 1. The van der Waals surface area contributed by atoms with E-state index in [9.17, 15) is 4.79 Å². The van der Waals surface area contributed by atoms with Gasteiger partial charge in [0.2, 0.25) is 0 Å². The van der Waals surface area contributed by atoms with Crippen LogP contribution in [0.3, 0.4) is 0 Å². The number of amidine groups is 1. The number of nitrogens with zero attached hydrogens (tertiary/aromatic N) is 1. The van der Waals surface area contributed by atoms with Crippen LogP contribution in [0.1, 0.15) is 23.6 Å². The Labute approximate surface area is 185 Å². The quantitative estimate of drug-likeness (QED) is 0.465. The molecule has 1 heterocycles. The Morgan fingerprint density at radius 2 is 1.77 bits per heavy atom. The molecule has 1 amide bonds. The second-order valence-corrected chi connectivity index (χ2v) is 8.12. The monoisotopic (exact) mass is 446 g/mol. The van der Waals surface area contributed by atoms with Crippen molar-refractivity contribution in [1.29, 1.82) is 0 Å². The molecule has 0 saturated heterocycles. The summed E-state index contributed by atoms with van der Waals surface area (Å²) < 4.78 is 17.3. The normalized spacial score (nSPS) is 14.7. The van der Waals surface area contributed by atoms with Crippen molar-refractivity contribution in [2.75, 3.05) is 19.8 Å². The van der Waals surface area contributed by atoms with Crippen LogP contribution >= 0.6 is 23.4 Å². The summed E-state index contributed by atoms with van der Waals surface area (Å²) >= 11 is 7.56. The summed E-state index contributed by atoms with van der Waals surface area (Å²) in [6, 6.07) is 9.52. The number of amides is 1. The Morgan fingerprint density at radius 1 is 1.07 bits per heavy atom. The van der Waals surface area contributed by atoms with Gasteiger partial charge in [0.1, 0.15) is 19.0 Å². The molecular weight excluding hydrogens is 424 g/mol. The zero-order valence-corrected chi connectivity index (χ0v) is 18.6. The van der Waals surface area contributed by atoms with Crippen molar-refractivity contribution in [3.8, 4) is 17.2 Å². The molecule has 2 aromatic carbocycles. The number of ether oxygens (including phenoxy) is 3. The minimum Gasteiger partial charge on any atom is -0.490 e. The number of nitrogens with two attached hydrogens (primary N) is 1.